The van der Waals surface area contributed by atoms with Gasteiger partial charge < -0.3 is 9.80 Å². The van der Waals surface area contributed by atoms with Gasteiger partial charge in [-0.25, -0.2) is 0 Å². The molecule has 0 N–H and O–H groups in total. The molecular formula is C14H17ClN2O2. The third-order valence-corrected chi connectivity index (χ3v) is 3.74. The van der Waals surface area contributed by atoms with Gasteiger partial charge in [0.15, 0.2) is 0 Å². The van der Waals surface area contributed by atoms with E-state index in [2.05, 4.69) is 0 Å². The summed E-state index contributed by atoms with van der Waals surface area (Å²) in [6.07, 6.45) is 0. The summed E-state index contributed by atoms with van der Waals surface area (Å²) in [7, 11) is 0. The van der Waals surface area contributed by atoms with Gasteiger partial charge in [0.25, 0.3) is 0 Å². The van der Waals surface area contributed by atoms with Gasteiger partial charge in [-0.3, -0.25) is 9.59 Å². The van der Waals surface area contributed by atoms with Crippen LogP contribution in [0, 0.1) is 6.92 Å². The molecule has 1 aromatic carbocycles. The number of aryl methyl sites for hydroxylation is 1. The second kappa shape index (κ2) is 5.21. The zero-order chi connectivity index (χ0) is 14.2. The summed E-state index contributed by atoms with van der Waals surface area (Å²) in [4.78, 5) is 27.2. The molecule has 2 rings (SSSR count). The zero-order valence-electron chi connectivity index (χ0n) is 11.3. The normalized spacial score (nSPS) is 19.8. The summed E-state index contributed by atoms with van der Waals surface area (Å²) in [6.45, 7) is 6.26. The Kier molecular flexibility index (Phi) is 3.80. The molecule has 19 heavy (non-hydrogen) atoms. The number of rotatable bonds is 1. The minimum Gasteiger partial charge on any atom is -0.329 e. The van der Waals surface area contributed by atoms with E-state index < -0.39 is 6.04 Å². The van der Waals surface area contributed by atoms with Crippen LogP contribution in [0.5, 0.6) is 0 Å². The highest BCUT2D eigenvalue weighted by atomic mass is 35.5. The molecule has 5 heteroatoms. The van der Waals surface area contributed by atoms with E-state index in [0.717, 1.165) is 11.3 Å². The third-order valence-electron chi connectivity index (χ3n) is 3.51. The summed E-state index contributed by atoms with van der Waals surface area (Å²) in [5.41, 5.74) is 1.83. The maximum absolute atomic E-state index is 12.4. The lowest BCUT2D eigenvalue weighted by molar-refractivity contribution is -0.139. The molecule has 0 radical (unpaired) electrons. The summed E-state index contributed by atoms with van der Waals surface area (Å²) < 4.78 is 0. The van der Waals surface area contributed by atoms with Gasteiger partial charge in [-0.15, -0.1) is 0 Å². The van der Waals surface area contributed by atoms with Gasteiger partial charge in [0.05, 0.1) is 0 Å². The van der Waals surface area contributed by atoms with E-state index in [4.69, 9.17) is 11.6 Å². The number of hydrogen-bond acceptors (Lipinski definition) is 2. The largest absolute Gasteiger partial charge is 0.329 e. The van der Waals surface area contributed by atoms with Gasteiger partial charge in [0, 0.05) is 30.7 Å². The SMILES string of the molecule is CC(=O)N1CCN(c2ccc(Cl)cc2C)C(=O)[C@@H]1C. The molecule has 1 aromatic rings. The van der Waals surface area contributed by atoms with Crippen LogP contribution in [0.3, 0.4) is 0 Å². The minimum absolute atomic E-state index is 0.0492. The summed E-state index contributed by atoms with van der Waals surface area (Å²) in [6, 6.07) is 5.05. The second-order valence-corrected chi connectivity index (χ2v) is 5.25. The third kappa shape index (κ3) is 2.59. The van der Waals surface area contributed by atoms with Crippen molar-refractivity contribution in [2.75, 3.05) is 18.0 Å². The highest BCUT2D eigenvalue weighted by molar-refractivity contribution is 6.30. The van der Waals surface area contributed by atoms with E-state index in [-0.39, 0.29) is 11.8 Å². The second-order valence-electron chi connectivity index (χ2n) is 4.81. The fourth-order valence-corrected chi connectivity index (χ4v) is 2.69. The Morgan fingerprint density at radius 1 is 1.37 bits per heavy atom. The number of carbonyl (C=O) groups is 2. The van der Waals surface area contributed by atoms with Crippen molar-refractivity contribution < 1.29 is 9.59 Å². The van der Waals surface area contributed by atoms with Crippen LogP contribution in [-0.2, 0) is 9.59 Å². The van der Waals surface area contributed by atoms with Crippen LogP contribution in [0.1, 0.15) is 19.4 Å². The summed E-state index contributed by atoms with van der Waals surface area (Å²) in [5, 5.41) is 0.657. The van der Waals surface area contributed by atoms with E-state index >= 15 is 0 Å². The lowest BCUT2D eigenvalue weighted by Crippen LogP contribution is -2.57. The first-order valence-corrected chi connectivity index (χ1v) is 6.64. The van der Waals surface area contributed by atoms with Crippen molar-refractivity contribution in [1.82, 2.24) is 4.90 Å². The predicted molar refractivity (Wildman–Crippen MR) is 75.4 cm³/mol. The van der Waals surface area contributed by atoms with Crippen LogP contribution in [-0.4, -0.2) is 35.8 Å². The molecule has 2 amide bonds. The van der Waals surface area contributed by atoms with Gasteiger partial charge in [0.2, 0.25) is 11.8 Å². The Morgan fingerprint density at radius 2 is 2.05 bits per heavy atom. The monoisotopic (exact) mass is 280 g/mol. The summed E-state index contributed by atoms with van der Waals surface area (Å²) >= 11 is 5.93. The molecule has 1 aliphatic heterocycles. The molecule has 0 unspecified atom stereocenters. The molecule has 102 valence electrons. The van der Waals surface area contributed by atoms with Gasteiger partial charge in [-0.05, 0) is 37.6 Å². The molecule has 1 saturated heterocycles. The van der Waals surface area contributed by atoms with E-state index in [1.807, 2.05) is 19.1 Å². The van der Waals surface area contributed by atoms with Crippen LogP contribution in [0.15, 0.2) is 18.2 Å². The quantitative estimate of drug-likeness (QED) is 0.791. The van der Waals surface area contributed by atoms with Crippen LogP contribution in [0.2, 0.25) is 5.02 Å². The van der Waals surface area contributed by atoms with Crippen LogP contribution in [0.4, 0.5) is 5.69 Å². The molecule has 0 aromatic heterocycles. The first-order chi connectivity index (χ1) is 8.91. The van der Waals surface area contributed by atoms with Crippen molar-refractivity contribution in [3.8, 4) is 0 Å². The fraction of sp³-hybridized carbons (Fsp3) is 0.429. The van der Waals surface area contributed by atoms with E-state index in [1.54, 1.807) is 22.8 Å². The number of nitrogens with zero attached hydrogens (tertiary/aromatic N) is 2. The predicted octanol–water partition coefficient (Wildman–Crippen LogP) is 2.23. The molecule has 1 atom stereocenters. The highest BCUT2D eigenvalue weighted by Gasteiger charge is 2.33. The number of halogens is 1. The van der Waals surface area contributed by atoms with Crippen molar-refractivity contribution in [2.24, 2.45) is 0 Å². The van der Waals surface area contributed by atoms with Crippen LogP contribution >= 0.6 is 11.6 Å². The lowest BCUT2D eigenvalue weighted by atomic mass is 10.1. The van der Waals surface area contributed by atoms with Crippen LogP contribution in [0.25, 0.3) is 0 Å². The smallest absolute Gasteiger partial charge is 0.249 e. The number of carbonyl (C=O) groups excluding carboxylic acids is 2. The standard InChI is InChI=1S/C14H17ClN2O2/c1-9-8-12(15)4-5-13(9)17-7-6-16(11(3)18)10(2)14(17)19/h4-5,8,10H,6-7H2,1-3H3/t10-/m0/s1. The zero-order valence-corrected chi connectivity index (χ0v) is 12.1. The number of piperazine rings is 1. The Hall–Kier alpha value is -1.55. The molecule has 0 saturated carbocycles. The van der Waals surface area contributed by atoms with Crippen LogP contribution < -0.4 is 4.90 Å². The average molecular weight is 281 g/mol. The first kappa shape index (κ1) is 13.9. The molecular weight excluding hydrogens is 264 g/mol. The Bertz CT molecular complexity index is 530. The minimum atomic E-state index is -0.415. The van der Waals surface area contributed by atoms with Gasteiger partial charge in [-0.2, -0.15) is 0 Å². The van der Waals surface area contributed by atoms with E-state index in [0.29, 0.717) is 18.1 Å². The lowest BCUT2D eigenvalue weighted by Gasteiger charge is -2.39. The number of anilines is 1. The van der Waals surface area contributed by atoms with E-state index in [1.165, 1.54) is 6.92 Å². The Morgan fingerprint density at radius 3 is 2.63 bits per heavy atom. The van der Waals surface area contributed by atoms with Crippen molar-refractivity contribution >= 4 is 29.1 Å². The van der Waals surface area contributed by atoms with E-state index in [9.17, 15) is 9.59 Å². The maximum atomic E-state index is 12.4. The number of benzene rings is 1. The average Bonchev–Trinajstić information content (AvgIpc) is 2.33. The Labute approximate surface area is 117 Å². The Balaban J connectivity index is 2.28. The van der Waals surface area contributed by atoms with Crippen molar-refractivity contribution in [1.29, 1.82) is 0 Å². The first-order valence-electron chi connectivity index (χ1n) is 6.26. The van der Waals surface area contributed by atoms with Gasteiger partial charge in [-0.1, -0.05) is 11.6 Å². The summed E-state index contributed by atoms with van der Waals surface area (Å²) in [5.74, 6) is -0.111. The highest BCUT2D eigenvalue weighted by Crippen LogP contribution is 2.26. The van der Waals surface area contributed by atoms with Gasteiger partial charge >= 0.3 is 0 Å². The molecule has 0 aliphatic carbocycles. The molecule has 0 spiro atoms. The molecule has 1 fully saturated rings. The van der Waals surface area contributed by atoms with Crippen molar-refractivity contribution in [3.63, 3.8) is 0 Å². The molecule has 1 aliphatic rings. The van der Waals surface area contributed by atoms with Crippen molar-refractivity contribution in [2.45, 2.75) is 26.8 Å². The number of amides is 2. The van der Waals surface area contributed by atoms with Gasteiger partial charge in [0.1, 0.15) is 6.04 Å². The maximum Gasteiger partial charge on any atom is 0.249 e. The molecule has 0 bridgehead atoms. The number of hydrogen-bond donors (Lipinski definition) is 0. The molecule has 4 nitrogen and oxygen atoms in total. The topological polar surface area (TPSA) is 40.6 Å². The van der Waals surface area contributed by atoms with Crippen molar-refractivity contribution in [3.05, 3.63) is 28.8 Å². The molecule has 1 heterocycles. The fourth-order valence-electron chi connectivity index (χ4n) is 2.46.